The van der Waals surface area contributed by atoms with Crippen LogP contribution in [0.4, 0.5) is 5.69 Å². The van der Waals surface area contributed by atoms with Crippen molar-refractivity contribution in [2.45, 2.75) is 19.9 Å². The molecule has 0 aliphatic heterocycles. The van der Waals surface area contributed by atoms with E-state index in [2.05, 4.69) is 5.32 Å². The molecule has 0 unspecified atom stereocenters. The average Bonchev–Trinajstić information content (AvgIpc) is 2.22. The summed E-state index contributed by atoms with van der Waals surface area (Å²) in [5.74, 6) is 0. The normalized spacial score (nSPS) is 10.9. The minimum Gasteiger partial charge on any atom is -0.379 e. The molecule has 0 aliphatic carbocycles. The Balaban J connectivity index is 2.60. The number of hydrogen-bond donors (Lipinski definition) is 1. The summed E-state index contributed by atoms with van der Waals surface area (Å²) >= 11 is 1.60. The van der Waals surface area contributed by atoms with Crippen molar-refractivity contribution < 1.29 is 0 Å². The molecule has 0 saturated carbocycles. The fourth-order valence-electron chi connectivity index (χ4n) is 1.49. The Bertz CT molecular complexity index is 530. The highest BCUT2D eigenvalue weighted by Gasteiger charge is 2.04. The average molecular weight is 219 g/mol. The van der Waals surface area contributed by atoms with E-state index < -0.39 is 0 Å². The zero-order chi connectivity index (χ0) is 10.8. The first-order chi connectivity index (χ1) is 7.18. The van der Waals surface area contributed by atoms with Crippen LogP contribution >= 0.6 is 11.3 Å². The van der Waals surface area contributed by atoms with Gasteiger partial charge in [0.25, 0.3) is 0 Å². The summed E-state index contributed by atoms with van der Waals surface area (Å²) in [7, 11) is 0. The summed E-state index contributed by atoms with van der Waals surface area (Å²) in [6, 6.07) is 7.98. The van der Waals surface area contributed by atoms with Gasteiger partial charge in [0.15, 0.2) is 0 Å². The van der Waals surface area contributed by atoms with E-state index >= 15 is 0 Å². The van der Waals surface area contributed by atoms with Crippen molar-refractivity contribution in [1.82, 2.24) is 0 Å². The first-order valence-corrected chi connectivity index (χ1v) is 5.83. The van der Waals surface area contributed by atoms with Crippen LogP contribution in [0.5, 0.6) is 0 Å². The molecule has 1 aromatic carbocycles. The molecule has 0 amide bonds. The van der Waals surface area contributed by atoms with Gasteiger partial charge >= 0.3 is 0 Å². The van der Waals surface area contributed by atoms with Gasteiger partial charge in [-0.3, -0.25) is 4.79 Å². The number of rotatable bonds is 2. The molecule has 0 bridgehead atoms. The number of anilines is 1. The van der Waals surface area contributed by atoms with Crippen molar-refractivity contribution in [3.8, 4) is 0 Å². The van der Waals surface area contributed by atoms with Crippen molar-refractivity contribution in [3.05, 3.63) is 39.9 Å². The van der Waals surface area contributed by atoms with Gasteiger partial charge in [-0.2, -0.15) is 0 Å². The minimum atomic E-state index is 0.0954. The number of fused-ring (bicyclic) bond motifs is 1. The van der Waals surface area contributed by atoms with Gasteiger partial charge in [-0.1, -0.05) is 12.1 Å². The summed E-state index contributed by atoms with van der Waals surface area (Å²) < 4.78 is 1.04. The van der Waals surface area contributed by atoms with Gasteiger partial charge in [0, 0.05) is 21.5 Å². The van der Waals surface area contributed by atoms with Gasteiger partial charge in [0.2, 0.25) is 5.43 Å². The number of benzene rings is 1. The molecule has 0 saturated heterocycles. The third-order valence-electron chi connectivity index (χ3n) is 2.12. The van der Waals surface area contributed by atoms with Gasteiger partial charge in [-0.05, 0) is 26.0 Å². The zero-order valence-corrected chi connectivity index (χ0v) is 9.60. The van der Waals surface area contributed by atoms with Crippen LogP contribution in [-0.2, 0) is 0 Å². The SMILES string of the molecule is CC(C)Nc1csc2ccccc2c1=O. The third kappa shape index (κ3) is 2.02. The van der Waals surface area contributed by atoms with Crippen molar-refractivity contribution in [2.75, 3.05) is 5.32 Å². The fraction of sp³-hybridized carbons (Fsp3) is 0.250. The molecule has 78 valence electrons. The van der Waals surface area contributed by atoms with E-state index in [1.54, 1.807) is 11.3 Å². The summed E-state index contributed by atoms with van der Waals surface area (Å²) in [4.78, 5) is 12.0. The maximum atomic E-state index is 12.0. The Morgan fingerprint density at radius 3 is 2.73 bits per heavy atom. The Labute approximate surface area is 92.6 Å². The lowest BCUT2D eigenvalue weighted by molar-refractivity contribution is 0.899. The zero-order valence-electron chi connectivity index (χ0n) is 8.78. The van der Waals surface area contributed by atoms with E-state index in [1.807, 2.05) is 43.5 Å². The Morgan fingerprint density at radius 1 is 1.27 bits per heavy atom. The highest BCUT2D eigenvalue weighted by molar-refractivity contribution is 7.16. The van der Waals surface area contributed by atoms with E-state index in [1.165, 1.54) is 0 Å². The monoisotopic (exact) mass is 219 g/mol. The highest BCUT2D eigenvalue weighted by Crippen LogP contribution is 2.18. The van der Waals surface area contributed by atoms with Crippen molar-refractivity contribution in [2.24, 2.45) is 0 Å². The first kappa shape index (κ1) is 10.2. The predicted octanol–water partition coefficient (Wildman–Crippen LogP) is 3.08. The van der Waals surface area contributed by atoms with E-state index in [9.17, 15) is 4.79 Å². The molecule has 0 aliphatic rings. The molecule has 3 heteroatoms. The van der Waals surface area contributed by atoms with Crippen LogP contribution in [0.25, 0.3) is 10.1 Å². The van der Waals surface area contributed by atoms with Crippen LogP contribution in [-0.4, -0.2) is 6.04 Å². The Kier molecular flexibility index (Phi) is 2.73. The molecule has 0 radical (unpaired) electrons. The summed E-state index contributed by atoms with van der Waals surface area (Å²) in [5, 5.41) is 5.86. The van der Waals surface area contributed by atoms with Gasteiger partial charge in [-0.15, -0.1) is 11.3 Å². The van der Waals surface area contributed by atoms with Crippen LogP contribution in [0.15, 0.2) is 34.4 Å². The molecular formula is C12H13NOS. The summed E-state index contributed by atoms with van der Waals surface area (Å²) in [6.45, 7) is 4.05. The largest absolute Gasteiger partial charge is 0.379 e. The second kappa shape index (κ2) is 4.03. The van der Waals surface area contributed by atoms with E-state index in [0.717, 1.165) is 10.1 Å². The van der Waals surface area contributed by atoms with Crippen molar-refractivity contribution >= 4 is 27.1 Å². The number of nitrogens with one attached hydrogen (secondary N) is 1. The van der Waals surface area contributed by atoms with E-state index in [4.69, 9.17) is 0 Å². The molecule has 2 rings (SSSR count). The second-order valence-electron chi connectivity index (χ2n) is 3.77. The molecule has 1 aromatic heterocycles. The maximum Gasteiger partial charge on any atom is 0.211 e. The maximum absolute atomic E-state index is 12.0. The molecule has 0 spiro atoms. The van der Waals surface area contributed by atoms with Crippen LogP contribution in [0.1, 0.15) is 13.8 Å². The summed E-state index contributed by atoms with van der Waals surface area (Å²) in [6.07, 6.45) is 0. The fourth-order valence-corrected chi connectivity index (χ4v) is 2.35. The van der Waals surface area contributed by atoms with Crippen LogP contribution < -0.4 is 10.7 Å². The quantitative estimate of drug-likeness (QED) is 0.841. The Hall–Kier alpha value is -1.35. The molecule has 2 aromatic rings. The topological polar surface area (TPSA) is 29.1 Å². The lowest BCUT2D eigenvalue weighted by atomic mass is 10.2. The van der Waals surface area contributed by atoms with Crippen LogP contribution in [0.3, 0.4) is 0 Å². The minimum absolute atomic E-state index is 0.0954. The molecule has 15 heavy (non-hydrogen) atoms. The third-order valence-corrected chi connectivity index (χ3v) is 3.09. The Morgan fingerprint density at radius 2 is 2.00 bits per heavy atom. The summed E-state index contributed by atoms with van der Waals surface area (Å²) in [5.41, 5.74) is 0.798. The van der Waals surface area contributed by atoms with Crippen LogP contribution in [0.2, 0.25) is 0 Å². The molecular weight excluding hydrogens is 206 g/mol. The van der Waals surface area contributed by atoms with Crippen LogP contribution in [0, 0.1) is 0 Å². The van der Waals surface area contributed by atoms with Crippen molar-refractivity contribution in [1.29, 1.82) is 0 Å². The van der Waals surface area contributed by atoms with Gasteiger partial charge in [-0.25, -0.2) is 0 Å². The predicted molar refractivity (Wildman–Crippen MR) is 66.9 cm³/mol. The molecule has 0 fully saturated rings. The van der Waals surface area contributed by atoms with E-state index in [-0.39, 0.29) is 11.5 Å². The van der Waals surface area contributed by atoms with E-state index in [0.29, 0.717) is 5.69 Å². The first-order valence-electron chi connectivity index (χ1n) is 4.95. The number of hydrogen-bond acceptors (Lipinski definition) is 3. The molecule has 2 nitrogen and oxygen atoms in total. The lowest BCUT2D eigenvalue weighted by Crippen LogP contribution is -2.16. The van der Waals surface area contributed by atoms with Gasteiger partial charge in [0.05, 0.1) is 5.69 Å². The molecule has 1 N–H and O–H groups in total. The molecule has 1 heterocycles. The lowest BCUT2D eigenvalue weighted by Gasteiger charge is -2.08. The molecule has 0 atom stereocenters. The smallest absolute Gasteiger partial charge is 0.211 e. The van der Waals surface area contributed by atoms with Gasteiger partial charge in [0.1, 0.15) is 0 Å². The highest BCUT2D eigenvalue weighted by atomic mass is 32.1. The van der Waals surface area contributed by atoms with Crippen molar-refractivity contribution in [3.63, 3.8) is 0 Å². The standard InChI is InChI=1S/C12H13NOS/c1-8(2)13-10-7-15-11-6-4-3-5-9(11)12(10)14/h3-8,13H,1-2H3. The van der Waals surface area contributed by atoms with Gasteiger partial charge < -0.3 is 5.32 Å². The second-order valence-corrected chi connectivity index (χ2v) is 4.68.